The number of carbonyl (C=O) groups is 1. The van der Waals surface area contributed by atoms with Crippen LogP contribution in [-0.2, 0) is 11.3 Å². The normalized spacial score (nSPS) is 11.0. The second-order valence-corrected chi connectivity index (χ2v) is 6.82. The van der Waals surface area contributed by atoms with Crippen LogP contribution in [0.15, 0.2) is 39.6 Å². The summed E-state index contributed by atoms with van der Waals surface area (Å²) in [5.41, 5.74) is 1.55. The molecule has 1 N–H and O–H groups in total. The third-order valence-corrected chi connectivity index (χ3v) is 5.05. The highest BCUT2D eigenvalue weighted by Gasteiger charge is 2.15. The molecule has 24 heavy (non-hydrogen) atoms. The number of aromatic nitrogens is 2. The minimum atomic E-state index is -0.362. The Morgan fingerprint density at radius 1 is 1.42 bits per heavy atom. The minimum absolute atomic E-state index is 0.146. The number of nitrogens with one attached hydrogen (secondary N) is 1. The Morgan fingerprint density at radius 3 is 2.92 bits per heavy atom. The lowest BCUT2D eigenvalue weighted by atomic mass is 10.2. The van der Waals surface area contributed by atoms with Crippen molar-refractivity contribution in [2.75, 3.05) is 11.6 Å². The highest BCUT2D eigenvalue weighted by molar-refractivity contribution is 7.98. The second kappa shape index (κ2) is 6.74. The molecule has 3 aromatic rings. The number of amides is 1. The molecular weight excluding hydrogens is 349 g/mol. The van der Waals surface area contributed by atoms with Gasteiger partial charge in [0.25, 0.3) is 5.56 Å². The zero-order valence-electron chi connectivity index (χ0n) is 13.0. The fourth-order valence-corrected chi connectivity index (χ4v) is 3.66. The highest BCUT2D eigenvalue weighted by atomic mass is 32.2. The van der Waals surface area contributed by atoms with Gasteiger partial charge in [0.2, 0.25) is 5.91 Å². The summed E-state index contributed by atoms with van der Waals surface area (Å²) in [6.45, 7) is 1.56. The first-order chi connectivity index (χ1) is 11.5. The second-order valence-electron chi connectivity index (χ2n) is 5.13. The Bertz CT molecular complexity index is 981. The number of rotatable bonds is 4. The van der Waals surface area contributed by atoms with Gasteiger partial charge in [-0.2, -0.15) is 0 Å². The van der Waals surface area contributed by atoms with Crippen molar-refractivity contribution in [1.29, 1.82) is 0 Å². The molecule has 2 aromatic heterocycles. The number of benzene rings is 1. The van der Waals surface area contributed by atoms with Crippen molar-refractivity contribution in [1.82, 2.24) is 9.55 Å². The number of fused-ring (bicyclic) bond motifs is 1. The molecule has 0 atom stereocenters. The van der Waals surface area contributed by atoms with Crippen molar-refractivity contribution >= 4 is 44.9 Å². The molecule has 0 unspecified atom stereocenters. The Hall–Kier alpha value is -2.19. The quantitative estimate of drug-likeness (QED) is 0.571. The zero-order valence-corrected chi connectivity index (χ0v) is 14.6. The van der Waals surface area contributed by atoms with E-state index in [4.69, 9.17) is 0 Å². The molecule has 3 rings (SSSR count). The molecule has 0 saturated carbocycles. The van der Waals surface area contributed by atoms with Crippen molar-refractivity contribution in [3.8, 4) is 0 Å². The Morgan fingerprint density at radius 2 is 2.21 bits per heavy atom. The van der Waals surface area contributed by atoms with E-state index in [2.05, 4.69) is 10.3 Å². The largest absolute Gasteiger partial charge is 0.324 e. The summed E-state index contributed by atoms with van der Waals surface area (Å²) in [6, 6.07) is 5.91. The summed E-state index contributed by atoms with van der Waals surface area (Å²) >= 11 is 2.61. The molecule has 0 spiro atoms. The van der Waals surface area contributed by atoms with Crippen LogP contribution < -0.4 is 10.9 Å². The topological polar surface area (TPSA) is 64.0 Å². The van der Waals surface area contributed by atoms with Crippen molar-refractivity contribution in [3.63, 3.8) is 0 Å². The Kier molecular flexibility index (Phi) is 4.68. The van der Waals surface area contributed by atoms with E-state index in [1.54, 1.807) is 24.6 Å². The molecular formula is C16H14FN3O2S2. The van der Waals surface area contributed by atoms with Gasteiger partial charge in [-0.1, -0.05) is 11.8 Å². The van der Waals surface area contributed by atoms with E-state index in [0.29, 0.717) is 26.6 Å². The van der Waals surface area contributed by atoms with E-state index in [9.17, 15) is 14.0 Å². The van der Waals surface area contributed by atoms with E-state index < -0.39 is 0 Å². The van der Waals surface area contributed by atoms with Gasteiger partial charge in [0.15, 0.2) is 5.16 Å². The summed E-state index contributed by atoms with van der Waals surface area (Å²) < 4.78 is 15.0. The summed E-state index contributed by atoms with van der Waals surface area (Å²) in [5.74, 6) is -0.724. The van der Waals surface area contributed by atoms with E-state index in [1.807, 2.05) is 0 Å². The summed E-state index contributed by atoms with van der Waals surface area (Å²) in [7, 11) is 0. The van der Waals surface area contributed by atoms with Crippen LogP contribution in [0, 0.1) is 12.7 Å². The van der Waals surface area contributed by atoms with Crippen LogP contribution in [0.4, 0.5) is 10.1 Å². The zero-order chi connectivity index (χ0) is 17.3. The smallest absolute Gasteiger partial charge is 0.272 e. The van der Waals surface area contributed by atoms with Gasteiger partial charge in [-0.15, -0.1) is 11.3 Å². The summed E-state index contributed by atoms with van der Waals surface area (Å²) in [5, 5.41) is 4.99. The molecule has 1 amide bonds. The Balaban J connectivity index is 1.90. The molecule has 0 aliphatic carbocycles. The number of thioether (sulfide) groups is 1. The van der Waals surface area contributed by atoms with Gasteiger partial charge in [0, 0.05) is 5.69 Å². The maximum absolute atomic E-state index is 13.1. The van der Waals surface area contributed by atoms with Gasteiger partial charge in [0.05, 0.1) is 5.52 Å². The molecule has 0 aliphatic heterocycles. The summed E-state index contributed by atoms with van der Waals surface area (Å²) in [6.07, 6.45) is 1.80. The van der Waals surface area contributed by atoms with Gasteiger partial charge in [0.1, 0.15) is 17.1 Å². The highest BCUT2D eigenvalue weighted by Crippen LogP contribution is 2.20. The number of hydrogen-bond acceptors (Lipinski definition) is 5. The van der Waals surface area contributed by atoms with Gasteiger partial charge in [-0.05, 0) is 48.4 Å². The van der Waals surface area contributed by atoms with Crippen LogP contribution in [0.3, 0.4) is 0 Å². The fourth-order valence-electron chi connectivity index (χ4n) is 2.32. The SMILES string of the molecule is CSc1nc2ccsc2c(=O)n1CC(=O)Nc1ccc(F)cc1C. The Labute approximate surface area is 145 Å². The molecule has 124 valence electrons. The standard InChI is InChI=1S/C16H14FN3O2S2/c1-9-7-10(17)3-4-11(9)18-13(21)8-20-15(22)14-12(5-6-24-14)19-16(20)23-2/h3-7H,8H2,1-2H3,(H,18,21). The average Bonchev–Trinajstić information content (AvgIpc) is 3.01. The van der Waals surface area contributed by atoms with Crippen LogP contribution in [0.25, 0.3) is 10.2 Å². The van der Waals surface area contributed by atoms with Crippen molar-refractivity contribution < 1.29 is 9.18 Å². The average molecular weight is 363 g/mol. The number of thiophene rings is 1. The fraction of sp³-hybridized carbons (Fsp3) is 0.188. The van der Waals surface area contributed by atoms with E-state index in [1.165, 1.54) is 45.9 Å². The first kappa shape index (κ1) is 16.7. The number of halogens is 1. The lowest BCUT2D eigenvalue weighted by molar-refractivity contribution is -0.116. The van der Waals surface area contributed by atoms with Crippen LogP contribution in [0.5, 0.6) is 0 Å². The molecule has 0 bridgehead atoms. The van der Waals surface area contributed by atoms with Crippen LogP contribution >= 0.6 is 23.1 Å². The van der Waals surface area contributed by atoms with Crippen molar-refractivity contribution in [3.05, 3.63) is 51.4 Å². The summed E-state index contributed by atoms with van der Waals surface area (Å²) in [4.78, 5) is 29.3. The predicted octanol–water partition coefficient (Wildman–Crippen LogP) is 3.27. The van der Waals surface area contributed by atoms with Gasteiger partial charge < -0.3 is 5.32 Å². The maximum Gasteiger partial charge on any atom is 0.272 e. The third kappa shape index (κ3) is 3.20. The van der Waals surface area contributed by atoms with Crippen LogP contribution in [0.2, 0.25) is 0 Å². The first-order valence-electron chi connectivity index (χ1n) is 7.07. The number of carbonyl (C=O) groups excluding carboxylic acids is 1. The number of anilines is 1. The molecule has 1 aromatic carbocycles. The molecule has 2 heterocycles. The monoisotopic (exact) mass is 363 g/mol. The minimum Gasteiger partial charge on any atom is -0.324 e. The number of nitrogens with zero attached hydrogens (tertiary/aromatic N) is 2. The number of aryl methyl sites for hydroxylation is 1. The van der Waals surface area contributed by atoms with E-state index in [-0.39, 0.29) is 23.8 Å². The predicted molar refractivity (Wildman–Crippen MR) is 95.4 cm³/mol. The third-order valence-electron chi connectivity index (χ3n) is 3.48. The van der Waals surface area contributed by atoms with Crippen molar-refractivity contribution in [2.24, 2.45) is 0 Å². The molecule has 0 fully saturated rings. The van der Waals surface area contributed by atoms with Gasteiger partial charge in [-0.25, -0.2) is 9.37 Å². The van der Waals surface area contributed by atoms with Crippen molar-refractivity contribution in [2.45, 2.75) is 18.6 Å². The number of hydrogen-bond donors (Lipinski definition) is 1. The van der Waals surface area contributed by atoms with E-state index >= 15 is 0 Å². The lowest BCUT2D eigenvalue weighted by Crippen LogP contribution is -2.29. The molecule has 0 aliphatic rings. The molecule has 0 radical (unpaired) electrons. The molecule has 5 nitrogen and oxygen atoms in total. The van der Waals surface area contributed by atoms with Gasteiger partial charge >= 0.3 is 0 Å². The van der Waals surface area contributed by atoms with Crippen LogP contribution in [0.1, 0.15) is 5.56 Å². The lowest BCUT2D eigenvalue weighted by Gasteiger charge is -2.12. The van der Waals surface area contributed by atoms with E-state index in [0.717, 1.165) is 0 Å². The molecule has 8 heteroatoms. The van der Waals surface area contributed by atoms with Crippen LogP contribution in [-0.4, -0.2) is 21.7 Å². The van der Waals surface area contributed by atoms with Gasteiger partial charge in [-0.3, -0.25) is 14.2 Å². The first-order valence-corrected chi connectivity index (χ1v) is 9.18. The molecule has 0 saturated heterocycles. The maximum atomic E-state index is 13.1.